The second kappa shape index (κ2) is 4.91. The van der Waals surface area contributed by atoms with Crippen LogP contribution in [0.4, 0.5) is 14.6 Å². The predicted octanol–water partition coefficient (Wildman–Crippen LogP) is 1.88. The maximum Gasteiger partial charge on any atom is 0.334 e. The van der Waals surface area contributed by atoms with Crippen molar-refractivity contribution in [3.63, 3.8) is 0 Å². The van der Waals surface area contributed by atoms with Gasteiger partial charge in [-0.05, 0) is 26.2 Å². The number of halogens is 2. The molecule has 1 unspecified atom stereocenters. The Morgan fingerprint density at radius 1 is 1.56 bits per heavy atom. The fraction of sp³-hybridized carbons (Fsp3) is 0.636. The minimum Gasteiger partial charge on any atom is -0.382 e. The monoisotopic (exact) mass is 258 g/mol. The molecule has 2 N–H and O–H groups in total. The lowest BCUT2D eigenvalue weighted by atomic mass is 10.0. The van der Waals surface area contributed by atoms with E-state index in [0.717, 1.165) is 19.3 Å². The zero-order chi connectivity index (χ0) is 13.3. The van der Waals surface area contributed by atoms with Crippen LogP contribution in [0.15, 0.2) is 6.07 Å². The van der Waals surface area contributed by atoms with Crippen molar-refractivity contribution < 1.29 is 13.6 Å². The Kier molecular flexibility index (Phi) is 3.49. The number of rotatable bonds is 2. The molecule has 1 aliphatic heterocycles. The van der Waals surface area contributed by atoms with Gasteiger partial charge in [-0.1, -0.05) is 0 Å². The number of nitrogens with zero attached hydrogens (tertiary/aromatic N) is 3. The fourth-order valence-corrected chi connectivity index (χ4v) is 2.27. The van der Waals surface area contributed by atoms with Crippen LogP contribution in [0.1, 0.15) is 43.2 Å². The average Bonchev–Trinajstić information content (AvgIpc) is 2.71. The zero-order valence-corrected chi connectivity index (χ0v) is 10.1. The van der Waals surface area contributed by atoms with E-state index in [1.54, 1.807) is 4.90 Å². The quantitative estimate of drug-likeness (QED) is 0.880. The summed E-state index contributed by atoms with van der Waals surface area (Å²) in [4.78, 5) is 13.8. The summed E-state index contributed by atoms with van der Waals surface area (Å²) in [6.45, 7) is -0.348. The van der Waals surface area contributed by atoms with E-state index >= 15 is 0 Å². The lowest BCUT2D eigenvalue weighted by Crippen LogP contribution is -2.42. The molecule has 0 radical (unpaired) electrons. The number of nitrogen functional groups attached to an aromatic ring is 1. The molecule has 5 nitrogen and oxygen atoms in total. The molecule has 1 saturated heterocycles. The standard InChI is InChI=1S/C11H16F2N4O/c1-7-4-2-3-5-16(7)10(18)8-6-9(14)15-17(8)11(12)13/h6-7,11H,2-5H2,1H3,(H2,14,15). The summed E-state index contributed by atoms with van der Waals surface area (Å²) in [6, 6.07) is 1.27. The van der Waals surface area contributed by atoms with Crippen LogP contribution in [-0.2, 0) is 0 Å². The Bertz CT molecular complexity index is 446. The summed E-state index contributed by atoms with van der Waals surface area (Å²) in [7, 11) is 0. The van der Waals surface area contributed by atoms with Crippen molar-refractivity contribution >= 4 is 11.7 Å². The average molecular weight is 258 g/mol. The van der Waals surface area contributed by atoms with Crippen molar-refractivity contribution in [2.45, 2.75) is 38.8 Å². The van der Waals surface area contributed by atoms with Crippen LogP contribution in [0, 0.1) is 0 Å². The fourth-order valence-electron chi connectivity index (χ4n) is 2.27. The van der Waals surface area contributed by atoms with E-state index in [-0.39, 0.29) is 17.6 Å². The molecular weight excluding hydrogens is 242 g/mol. The van der Waals surface area contributed by atoms with Crippen molar-refractivity contribution in [3.8, 4) is 0 Å². The van der Waals surface area contributed by atoms with Gasteiger partial charge in [0.15, 0.2) is 0 Å². The molecule has 0 aliphatic carbocycles. The molecule has 1 aliphatic rings. The van der Waals surface area contributed by atoms with Gasteiger partial charge < -0.3 is 10.6 Å². The first-order chi connectivity index (χ1) is 8.50. The zero-order valence-electron chi connectivity index (χ0n) is 10.1. The highest BCUT2D eigenvalue weighted by Gasteiger charge is 2.28. The van der Waals surface area contributed by atoms with E-state index in [4.69, 9.17) is 5.73 Å². The Hall–Kier alpha value is -1.66. The number of amides is 1. The van der Waals surface area contributed by atoms with Crippen LogP contribution in [0.25, 0.3) is 0 Å². The molecule has 18 heavy (non-hydrogen) atoms. The summed E-state index contributed by atoms with van der Waals surface area (Å²) in [5.74, 6) is -0.491. The molecule has 100 valence electrons. The third-order valence-corrected chi connectivity index (χ3v) is 3.22. The maximum atomic E-state index is 12.7. The Labute approximate surface area is 104 Å². The van der Waals surface area contributed by atoms with Crippen molar-refractivity contribution in [3.05, 3.63) is 11.8 Å². The van der Waals surface area contributed by atoms with Gasteiger partial charge in [-0.2, -0.15) is 13.5 Å². The van der Waals surface area contributed by atoms with E-state index in [2.05, 4.69) is 5.10 Å². The molecule has 1 amide bonds. The number of anilines is 1. The van der Waals surface area contributed by atoms with Gasteiger partial charge in [-0.25, -0.2) is 0 Å². The smallest absolute Gasteiger partial charge is 0.334 e. The Morgan fingerprint density at radius 2 is 2.28 bits per heavy atom. The summed E-state index contributed by atoms with van der Waals surface area (Å²) in [5.41, 5.74) is 5.24. The van der Waals surface area contributed by atoms with Crippen molar-refractivity contribution in [2.75, 3.05) is 12.3 Å². The summed E-state index contributed by atoms with van der Waals surface area (Å²) in [6.07, 6.45) is 2.85. The third kappa shape index (κ3) is 2.30. The molecule has 2 rings (SSSR count). The summed E-state index contributed by atoms with van der Waals surface area (Å²) >= 11 is 0. The minimum atomic E-state index is -2.86. The second-order valence-electron chi connectivity index (χ2n) is 4.52. The summed E-state index contributed by atoms with van der Waals surface area (Å²) in [5, 5.41) is 3.45. The minimum absolute atomic E-state index is 0.0634. The molecule has 2 heterocycles. The van der Waals surface area contributed by atoms with Gasteiger partial charge in [0.25, 0.3) is 5.91 Å². The molecular formula is C11H16F2N4O. The lowest BCUT2D eigenvalue weighted by Gasteiger charge is -2.33. The Morgan fingerprint density at radius 3 is 2.89 bits per heavy atom. The van der Waals surface area contributed by atoms with Crippen LogP contribution >= 0.6 is 0 Å². The number of hydrogen-bond donors (Lipinski definition) is 1. The molecule has 0 saturated carbocycles. The Balaban J connectivity index is 2.27. The SMILES string of the molecule is CC1CCCCN1C(=O)c1cc(N)nn1C(F)F. The van der Waals surface area contributed by atoms with Gasteiger partial charge in [0.05, 0.1) is 0 Å². The highest BCUT2D eigenvalue weighted by atomic mass is 19.3. The van der Waals surface area contributed by atoms with Gasteiger partial charge in [-0.3, -0.25) is 4.79 Å². The van der Waals surface area contributed by atoms with Crippen LogP contribution in [0.3, 0.4) is 0 Å². The molecule has 7 heteroatoms. The summed E-state index contributed by atoms with van der Waals surface area (Å²) < 4.78 is 25.9. The number of alkyl halides is 2. The van der Waals surface area contributed by atoms with E-state index in [9.17, 15) is 13.6 Å². The number of piperidine rings is 1. The third-order valence-electron chi connectivity index (χ3n) is 3.22. The van der Waals surface area contributed by atoms with Crippen LogP contribution < -0.4 is 5.73 Å². The number of aromatic nitrogens is 2. The number of hydrogen-bond acceptors (Lipinski definition) is 3. The van der Waals surface area contributed by atoms with E-state index in [0.29, 0.717) is 11.2 Å². The maximum absolute atomic E-state index is 12.7. The van der Waals surface area contributed by atoms with Gasteiger partial charge >= 0.3 is 6.55 Å². The first kappa shape index (κ1) is 12.8. The van der Waals surface area contributed by atoms with Gasteiger partial charge in [0, 0.05) is 18.7 Å². The normalized spacial score (nSPS) is 20.4. The molecule has 1 aromatic heterocycles. The number of carbonyl (C=O) groups excluding carboxylic acids is 1. The predicted molar refractivity (Wildman–Crippen MR) is 62.2 cm³/mol. The van der Waals surface area contributed by atoms with Crippen molar-refractivity contribution in [1.82, 2.24) is 14.7 Å². The highest BCUT2D eigenvalue weighted by molar-refractivity contribution is 5.93. The first-order valence-corrected chi connectivity index (χ1v) is 5.95. The van der Waals surface area contributed by atoms with Crippen molar-refractivity contribution in [2.24, 2.45) is 0 Å². The van der Waals surface area contributed by atoms with E-state index < -0.39 is 12.5 Å². The topological polar surface area (TPSA) is 64.2 Å². The van der Waals surface area contributed by atoms with E-state index in [1.807, 2.05) is 6.92 Å². The molecule has 1 fully saturated rings. The highest BCUT2D eigenvalue weighted by Crippen LogP contribution is 2.22. The van der Waals surface area contributed by atoms with Crippen LogP contribution in [0.2, 0.25) is 0 Å². The molecule has 0 aromatic carbocycles. The van der Waals surface area contributed by atoms with Crippen LogP contribution in [0.5, 0.6) is 0 Å². The number of nitrogens with two attached hydrogens (primary N) is 1. The lowest BCUT2D eigenvalue weighted by molar-refractivity contribution is 0.0423. The number of carbonyl (C=O) groups is 1. The molecule has 1 atom stereocenters. The first-order valence-electron chi connectivity index (χ1n) is 5.95. The van der Waals surface area contributed by atoms with Crippen molar-refractivity contribution in [1.29, 1.82) is 0 Å². The second-order valence-corrected chi connectivity index (χ2v) is 4.52. The number of likely N-dealkylation sites (tertiary alicyclic amines) is 1. The molecule has 0 bridgehead atoms. The molecule has 0 spiro atoms. The van der Waals surface area contributed by atoms with Gasteiger partial charge in [-0.15, -0.1) is 5.10 Å². The largest absolute Gasteiger partial charge is 0.382 e. The van der Waals surface area contributed by atoms with Crippen LogP contribution in [-0.4, -0.2) is 33.2 Å². The van der Waals surface area contributed by atoms with E-state index in [1.165, 1.54) is 6.07 Å². The van der Waals surface area contributed by atoms with Gasteiger partial charge in [0.2, 0.25) is 0 Å². The molecule has 1 aromatic rings. The van der Waals surface area contributed by atoms with Gasteiger partial charge in [0.1, 0.15) is 11.5 Å².